The molecule has 0 aliphatic rings. The summed E-state index contributed by atoms with van der Waals surface area (Å²) >= 11 is 0. The second-order valence-electron chi connectivity index (χ2n) is 11.9. The van der Waals surface area contributed by atoms with E-state index in [1.807, 2.05) is 0 Å². The van der Waals surface area contributed by atoms with Gasteiger partial charge in [0.1, 0.15) is 12.7 Å². The largest absolute Gasteiger partial charge is 0.463 e. The summed E-state index contributed by atoms with van der Waals surface area (Å²) in [5.74, 6) is -0.275. The van der Waals surface area contributed by atoms with E-state index >= 15 is 0 Å². The Morgan fingerprint density at radius 2 is 0.692 bits per heavy atom. The summed E-state index contributed by atoms with van der Waals surface area (Å²) in [4.78, 5) is 11.5. The number of aliphatic hydroxyl groups is 3. The van der Waals surface area contributed by atoms with Gasteiger partial charge in [-0.25, -0.2) is 0 Å². The summed E-state index contributed by atoms with van der Waals surface area (Å²) in [6.45, 7) is -0.116. The standard InChI is InChI=1S/C34H68O5/c35-30-28-26-24-22-20-18-16-14-12-10-8-6-4-2-1-3-5-7-9-11-13-15-17-19-21-23-25-27-29-34(38)39-32-33(37)31-36/h33,35-37H,1-32H2. The molecule has 0 rings (SSSR count). The van der Waals surface area contributed by atoms with E-state index in [4.69, 9.17) is 20.1 Å². The summed E-state index contributed by atoms with van der Waals surface area (Å²) in [6.07, 6.45) is 36.9. The predicted molar refractivity (Wildman–Crippen MR) is 165 cm³/mol. The topological polar surface area (TPSA) is 87.0 Å². The molecular formula is C34H68O5. The Hall–Kier alpha value is -0.650. The third-order valence-electron chi connectivity index (χ3n) is 7.94. The van der Waals surface area contributed by atoms with Crippen LogP contribution in [-0.4, -0.2) is 47.2 Å². The summed E-state index contributed by atoms with van der Waals surface area (Å²) in [5.41, 5.74) is 0. The van der Waals surface area contributed by atoms with Crippen molar-refractivity contribution in [1.29, 1.82) is 0 Å². The van der Waals surface area contributed by atoms with Gasteiger partial charge in [0.15, 0.2) is 0 Å². The number of unbranched alkanes of at least 4 members (excludes halogenated alkanes) is 27. The molecule has 1 atom stereocenters. The molecule has 0 bridgehead atoms. The Balaban J connectivity index is 3.09. The van der Waals surface area contributed by atoms with Gasteiger partial charge in [-0.1, -0.05) is 167 Å². The maximum Gasteiger partial charge on any atom is 0.305 e. The number of hydrogen-bond acceptors (Lipinski definition) is 5. The van der Waals surface area contributed by atoms with Gasteiger partial charge < -0.3 is 20.1 Å². The van der Waals surface area contributed by atoms with E-state index in [2.05, 4.69) is 0 Å². The third-order valence-corrected chi connectivity index (χ3v) is 7.94. The molecule has 5 nitrogen and oxygen atoms in total. The van der Waals surface area contributed by atoms with E-state index in [-0.39, 0.29) is 19.2 Å². The van der Waals surface area contributed by atoms with Crippen molar-refractivity contribution in [2.75, 3.05) is 19.8 Å². The van der Waals surface area contributed by atoms with E-state index in [1.165, 1.54) is 161 Å². The van der Waals surface area contributed by atoms with Crippen LogP contribution in [0.25, 0.3) is 0 Å². The van der Waals surface area contributed by atoms with Crippen molar-refractivity contribution in [2.45, 2.75) is 192 Å². The van der Waals surface area contributed by atoms with Crippen LogP contribution in [0, 0.1) is 0 Å². The Morgan fingerprint density at radius 1 is 0.436 bits per heavy atom. The molecule has 234 valence electrons. The number of carbonyl (C=O) groups is 1. The predicted octanol–water partition coefficient (Wildman–Crippen LogP) is 9.19. The number of ether oxygens (including phenoxy) is 1. The van der Waals surface area contributed by atoms with Gasteiger partial charge in [0.25, 0.3) is 0 Å². The lowest BCUT2D eigenvalue weighted by molar-refractivity contribution is -0.147. The zero-order chi connectivity index (χ0) is 28.5. The van der Waals surface area contributed by atoms with Crippen LogP contribution in [0.3, 0.4) is 0 Å². The maximum absolute atomic E-state index is 11.5. The molecule has 0 aliphatic carbocycles. The minimum absolute atomic E-state index is 0.106. The van der Waals surface area contributed by atoms with Crippen LogP contribution >= 0.6 is 0 Å². The molecule has 0 radical (unpaired) electrons. The first-order valence-electron chi connectivity index (χ1n) is 17.3. The van der Waals surface area contributed by atoms with Crippen molar-refractivity contribution in [2.24, 2.45) is 0 Å². The first-order chi connectivity index (χ1) is 19.2. The summed E-state index contributed by atoms with van der Waals surface area (Å²) in [5, 5.41) is 26.6. The van der Waals surface area contributed by atoms with Crippen LogP contribution in [0.2, 0.25) is 0 Å². The zero-order valence-corrected chi connectivity index (χ0v) is 25.9. The molecule has 3 N–H and O–H groups in total. The molecule has 5 heteroatoms. The first-order valence-corrected chi connectivity index (χ1v) is 17.3. The zero-order valence-electron chi connectivity index (χ0n) is 25.9. The highest BCUT2D eigenvalue weighted by molar-refractivity contribution is 5.69. The molecule has 39 heavy (non-hydrogen) atoms. The molecule has 0 saturated carbocycles. The molecule has 0 heterocycles. The quantitative estimate of drug-likeness (QED) is 0.0554. The molecule has 0 spiro atoms. The molecule has 1 unspecified atom stereocenters. The van der Waals surface area contributed by atoms with Crippen molar-refractivity contribution in [3.8, 4) is 0 Å². The Labute approximate surface area is 242 Å². The first kappa shape index (κ1) is 38.4. The minimum atomic E-state index is -0.959. The number of aliphatic hydroxyl groups excluding tert-OH is 3. The van der Waals surface area contributed by atoms with Gasteiger partial charge >= 0.3 is 5.97 Å². The van der Waals surface area contributed by atoms with Crippen LogP contribution in [0.1, 0.15) is 186 Å². The van der Waals surface area contributed by atoms with Gasteiger partial charge in [0.2, 0.25) is 0 Å². The summed E-state index contributed by atoms with van der Waals surface area (Å²) in [6, 6.07) is 0. The molecule has 0 saturated heterocycles. The normalized spacial score (nSPS) is 12.2. The van der Waals surface area contributed by atoms with Crippen molar-refractivity contribution in [3.63, 3.8) is 0 Å². The summed E-state index contributed by atoms with van der Waals surface area (Å²) in [7, 11) is 0. The summed E-state index contributed by atoms with van der Waals surface area (Å²) < 4.78 is 4.90. The minimum Gasteiger partial charge on any atom is -0.463 e. The van der Waals surface area contributed by atoms with Gasteiger partial charge in [0.05, 0.1) is 6.61 Å². The second-order valence-corrected chi connectivity index (χ2v) is 11.9. The highest BCUT2D eigenvalue weighted by atomic mass is 16.5. The van der Waals surface area contributed by atoms with Crippen molar-refractivity contribution < 1.29 is 24.9 Å². The Kier molecular flexibility index (Phi) is 33.0. The molecule has 0 aromatic rings. The Bertz CT molecular complexity index is 471. The highest BCUT2D eigenvalue weighted by Crippen LogP contribution is 2.16. The maximum atomic E-state index is 11.5. The van der Waals surface area contributed by atoms with E-state index < -0.39 is 6.10 Å². The van der Waals surface area contributed by atoms with Crippen LogP contribution in [0.4, 0.5) is 0 Å². The highest BCUT2D eigenvalue weighted by Gasteiger charge is 2.07. The SMILES string of the molecule is O=C(CCCCCCCCCCCCCCCCCCCCCCCCCCCCCCO)OCC(O)CO. The van der Waals surface area contributed by atoms with Gasteiger partial charge in [-0.05, 0) is 12.8 Å². The second kappa shape index (κ2) is 33.6. The van der Waals surface area contributed by atoms with Gasteiger partial charge in [-0.3, -0.25) is 4.79 Å². The number of carbonyl (C=O) groups excluding carboxylic acids is 1. The van der Waals surface area contributed by atoms with E-state index in [9.17, 15) is 4.79 Å². The fraction of sp³-hybridized carbons (Fsp3) is 0.971. The molecule has 0 aromatic carbocycles. The Morgan fingerprint density at radius 3 is 0.949 bits per heavy atom. The fourth-order valence-electron chi connectivity index (χ4n) is 5.29. The number of hydrogen-bond donors (Lipinski definition) is 3. The third kappa shape index (κ3) is 33.5. The van der Waals surface area contributed by atoms with Crippen LogP contribution < -0.4 is 0 Å². The monoisotopic (exact) mass is 557 g/mol. The molecule has 0 aliphatic heterocycles. The number of esters is 1. The molecule has 0 aromatic heterocycles. The van der Waals surface area contributed by atoms with Gasteiger partial charge in [-0.15, -0.1) is 0 Å². The average molecular weight is 557 g/mol. The van der Waals surface area contributed by atoms with E-state index in [0.29, 0.717) is 13.0 Å². The van der Waals surface area contributed by atoms with Crippen molar-refractivity contribution >= 4 is 5.97 Å². The smallest absolute Gasteiger partial charge is 0.305 e. The van der Waals surface area contributed by atoms with Crippen molar-refractivity contribution in [1.82, 2.24) is 0 Å². The van der Waals surface area contributed by atoms with Crippen LogP contribution in [-0.2, 0) is 9.53 Å². The fourth-order valence-corrected chi connectivity index (χ4v) is 5.29. The lowest BCUT2D eigenvalue weighted by atomic mass is 10.0. The van der Waals surface area contributed by atoms with Crippen LogP contribution in [0.5, 0.6) is 0 Å². The molecular weight excluding hydrogens is 488 g/mol. The molecule has 0 fully saturated rings. The van der Waals surface area contributed by atoms with E-state index in [1.54, 1.807) is 0 Å². The average Bonchev–Trinajstić information content (AvgIpc) is 2.95. The van der Waals surface area contributed by atoms with Crippen LogP contribution in [0.15, 0.2) is 0 Å². The van der Waals surface area contributed by atoms with Crippen molar-refractivity contribution in [3.05, 3.63) is 0 Å². The lowest BCUT2D eigenvalue weighted by Gasteiger charge is -2.08. The van der Waals surface area contributed by atoms with E-state index in [0.717, 1.165) is 19.3 Å². The van der Waals surface area contributed by atoms with Gasteiger partial charge in [0, 0.05) is 13.0 Å². The lowest BCUT2D eigenvalue weighted by Crippen LogP contribution is -2.21. The molecule has 0 amide bonds. The van der Waals surface area contributed by atoms with Gasteiger partial charge in [-0.2, -0.15) is 0 Å². The number of rotatable bonds is 33.